The summed E-state index contributed by atoms with van der Waals surface area (Å²) in [5.74, 6) is 0.948. The average molecular weight is 391 g/mol. The first kappa shape index (κ1) is 15.0. The van der Waals surface area contributed by atoms with Crippen LogP contribution in [0.15, 0.2) is 25.5 Å². The smallest absolute Gasteiger partial charge is 0.148 e. The predicted octanol–water partition coefficient (Wildman–Crippen LogP) is 4.60. The number of furan rings is 1. The monoisotopic (exact) mass is 389 g/mol. The SMILES string of the molecule is CCCNCc1oc2c(Br)cc(Br)cc2c1COC. The van der Waals surface area contributed by atoms with Crippen LogP contribution >= 0.6 is 31.9 Å². The van der Waals surface area contributed by atoms with Crippen molar-refractivity contribution in [2.45, 2.75) is 26.5 Å². The second-order valence-electron chi connectivity index (χ2n) is 4.38. The molecule has 1 aromatic heterocycles. The third kappa shape index (κ3) is 3.40. The van der Waals surface area contributed by atoms with Crippen molar-refractivity contribution in [1.29, 1.82) is 0 Å². The minimum absolute atomic E-state index is 0.555. The van der Waals surface area contributed by atoms with E-state index in [0.717, 1.165) is 50.7 Å². The number of methoxy groups -OCH3 is 1. The molecule has 2 aromatic rings. The quantitative estimate of drug-likeness (QED) is 0.731. The predicted molar refractivity (Wildman–Crippen MR) is 84.3 cm³/mol. The first-order chi connectivity index (χ1) is 9.17. The van der Waals surface area contributed by atoms with E-state index in [0.29, 0.717) is 6.61 Å². The summed E-state index contributed by atoms with van der Waals surface area (Å²) in [6.07, 6.45) is 1.11. The Bertz CT molecular complexity index is 566. The van der Waals surface area contributed by atoms with E-state index in [4.69, 9.17) is 9.15 Å². The van der Waals surface area contributed by atoms with Crippen LogP contribution in [0.2, 0.25) is 0 Å². The van der Waals surface area contributed by atoms with E-state index < -0.39 is 0 Å². The van der Waals surface area contributed by atoms with E-state index >= 15 is 0 Å². The van der Waals surface area contributed by atoms with Crippen molar-refractivity contribution in [2.75, 3.05) is 13.7 Å². The summed E-state index contributed by atoms with van der Waals surface area (Å²) in [5, 5.41) is 4.46. The van der Waals surface area contributed by atoms with Gasteiger partial charge in [0, 0.05) is 22.5 Å². The summed E-state index contributed by atoms with van der Waals surface area (Å²) < 4.78 is 13.3. The fourth-order valence-electron chi connectivity index (χ4n) is 2.05. The fourth-order valence-corrected chi connectivity index (χ4v) is 3.35. The Morgan fingerprint density at radius 1 is 1.32 bits per heavy atom. The van der Waals surface area contributed by atoms with E-state index in [-0.39, 0.29) is 0 Å². The number of hydrogen-bond acceptors (Lipinski definition) is 3. The minimum atomic E-state index is 0.555. The van der Waals surface area contributed by atoms with Crippen LogP contribution in [0.25, 0.3) is 11.0 Å². The first-order valence-electron chi connectivity index (χ1n) is 6.26. The first-order valence-corrected chi connectivity index (χ1v) is 7.85. The maximum absolute atomic E-state index is 5.97. The molecule has 1 N–H and O–H groups in total. The number of fused-ring (bicyclic) bond motifs is 1. The summed E-state index contributed by atoms with van der Waals surface area (Å²) in [4.78, 5) is 0. The van der Waals surface area contributed by atoms with Crippen LogP contribution in [-0.2, 0) is 17.9 Å². The molecule has 0 spiro atoms. The average Bonchev–Trinajstić information content (AvgIpc) is 2.70. The molecule has 0 aliphatic carbocycles. The zero-order chi connectivity index (χ0) is 13.8. The van der Waals surface area contributed by atoms with Gasteiger partial charge in [0.2, 0.25) is 0 Å². The second-order valence-corrected chi connectivity index (χ2v) is 6.15. The molecule has 0 fully saturated rings. The van der Waals surface area contributed by atoms with E-state index in [1.165, 1.54) is 0 Å². The minimum Gasteiger partial charge on any atom is -0.458 e. The van der Waals surface area contributed by atoms with Crippen LogP contribution in [0.4, 0.5) is 0 Å². The third-order valence-corrected chi connectivity index (χ3v) is 3.94. The molecule has 0 aliphatic heterocycles. The van der Waals surface area contributed by atoms with Crippen molar-refractivity contribution in [3.05, 3.63) is 32.4 Å². The van der Waals surface area contributed by atoms with Gasteiger partial charge in [0.25, 0.3) is 0 Å². The molecule has 3 nitrogen and oxygen atoms in total. The molecule has 0 bridgehead atoms. The molecule has 19 heavy (non-hydrogen) atoms. The molecule has 0 atom stereocenters. The van der Waals surface area contributed by atoms with Crippen LogP contribution in [0.5, 0.6) is 0 Å². The highest BCUT2D eigenvalue weighted by Gasteiger charge is 2.16. The summed E-state index contributed by atoms with van der Waals surface area (Å²) in [5.41, 5.74) is 1.99. The molecule has 0 unspecified atom stereocenters. The van der Waals surface area contributed by atoms with Gasteiger partial charge in [-0.1, -0.05) is 22.9 Å². The Kier molecular flexibility index (Phi) is 5.45. The van der Waals surface area contributed by atoms with E-state index in [2.05, 4.69) is 50.2 Å². The molecule has 0 saturated heterocycles. The Morgan fingerprint density at radius 3 is 2.79 bits per heavy atom. The lowest BCUT2D eigenvalue weighted by molar-refractivity contribution is 0.183. The molecular weight excluding hydrogens is 374 g/mol. The highest BCUT2D eigenvalue weighted by molar-refractivity contribution is 9.11. The second kappa shape index (κ2) is 6.88. The number of ether oxygens (including phenoxy) is 1. The highest BCUT2D eigenvalue weighted by Crippen LogP contribution is 2.34. The Balaban J connectivity index is 2.44. The lowest BCUT2D eigenvalue weighted by Gasteiger charge is -2.03. The highest BCUT2D eigenvalue weighted by atomic mass is 79.9. The number of rotatable bonds is 6. The van der Waals surface area contributed by atoms with Crippen molar-refractivity contribution >= 4 is 42.8 Å². The maximum Gasteiger partial charge on any atom is 0.148 e. The van der Waals surface area contributed by atoms with Crippen LogP contribution in [0.3, 0.4) is 0 Å². The lowest BCUT2D eigenvalue weighted by Crippen LogP contribution is -2.14. The molecule has 1 aromatic carbocycles. The molecule has 1 heterocycles. The lowest BCUT2D eigenvalue weighted by atomic mass is 10.1. The van der Waals surface area contributed by atoms with Gasteiger partial charge in [-0.05, 0) is 41.0 Å². The summed E-state index contributed by atoms with van der Waals surface area (Å²) >= 11 is 7.06. The molecule has 0 amide bonds. The zero-order valence-electron chi connectivity index (χ0n) is 11.1. The van der Waals surface area contributed by atoms with Gasteiger partial charge in [0.15, 0.2) is 0 Å². The van der Waals surface area contributed by atoms with Crippen LogP contribution in [0, 0.1) is 0 Å². The zero-order valence-corrected chi connectivity index (χ0v) is 14.2. The molecule has 2 rings (SSSR count). The molecule has 5 heteroatoms. The van der Waals surface area contributed by atoms with Crippen LogP contribution in [0.1, 0.15) is 24.7 Å². The van der Waals surface area contributed by atoms with Gasteiger partial charge in [0.1, 0.15) is 11.3 Å². The van der Waals surface area contributed by atoms with E-state index in [1.54, 1.807) is 7.11 Å². The largest absolute Gasteiger partial charge is 0.458 e. The van der Waals surface area contributed by atoms with Gasteiger partial charge >= 0.3 is 0 Å². The Morgan fingerprint density at radius 2 is 2.11 bits per heavy atom. The van der Waals surface area contributed by atoms with Gasteiger partial charge in [-0.25, -0.2) is 0 Å². The third-order valence-electron chi connectivity index (χ3n) is 2.90. The van der Waals surface area contributed by atoms with Gasteiger partial charge in [0.05, 0.1) is 17.6 Å². The number of nitrogens with one attached hydrogen (secondary N) is 1. The Hall–Kier alpha value is -0.360. The number of hydrogen-bond donors (Lipinski definition) is 1. The van der Waals surface area contributed by atoms with Crippen molar-refractivity contribution in [3.8, 4) is 0 Å². The van der Waals surface area contributed by atoms with Crippen molar-refractivity contribution in [3.63, 3.8) is 0 Å². The summed E-state index contributed by atoms with van der Waals surface area (Å²) in [7, 11) is 1.70. The standard InChI is InChI=1S/C14H17Br2NO2/c1-3-4-17-7-13-11(8-18-2)10-5-9(15)6-12(16)14(10)19-13/h5-6,17H,3-4,7-8H2,1-2H3. The number of halogens is 2. The summed E-state index contributed by atoms with van der Waals surface area (Å²) in [6.45, 7) is 4.41. The van der Waals surface area contributed by atoms with E-state index in [1.807, 2.05) is 6.07 Å². The van der Waals surface area contributed by atoms with E-state index in [9.17, 15) is 0 Å². The molecular formula is C14H17Br2NO2. The Labute approximate surface area is 129 Å². The molecule has 0 radical (unpaired) electrons. The van der Waals surface area contributed by atoms with Gasteiger partial charge in [-0.3, -0.25) is 0 Å². The van der Waals surface area contributed by atoms with Crippen LogP contribution < -0.4 is 5.32 Å². The van der Waals surface area contributed by atoms with Crippen molar-refractivity contribution in [1.82, 2.24) is 5.32 Å². The topological polar surface area (TPSA) is 34.4 Å². The summed E-state index contributed by atoms with van der Waals surface area (Å²) in [6, 6.07) is 4.06. The number of benzene rings is 1. The fraction of sp³-hybridized carbons (Fsp3) is 0.429. The maximum atomic E-state index is 5.97. The van der Waals surface area contributed by atoms with Crippen LogP contribution in [-0.4, -0.2) is 13.7 Å². The molecule has 104 valence electrons. The van der Waals surface area contributed by atoms with Gasteiger partial charge in [-0.15, -0.1) is 0 Å². The van der Waals surface area contributed by atoms with Gasteiger partial charge in [-0.2, -0.15) is 0 Å². The normalized spacial score (nSPS) is 11.4. The molecule has 0 aliphatic rings. The molecule has 0 saturated carbocycles. The van der Waals surface area contributed by atoms with Crippen molar-refractivity contribution in [2.24, 2.45) is 0 Å². The van der Waals surface area contributed by atoms with Gasteiger partial charge < -0.3 is 14.5 Å². The van der Waals surface area contributed by atoms with Crippen molar-refractivity contribution < 1.29 is 9.15 Å².